The standard InChI is InChI=1S/C23H38N2O3/c1-2-11-23(19-26)18-25(14-10-22(23)27)17-20-8-4-5-9-21(20)28-16-15-24-12-6-3-7-13-24/h4-5,8-9,22,26-27H,2-3,6-7,10-19H2,1H3/t22-,23+/m1/s1. The van der Waals surface area contributed by atoms with Gasteiger partial charge in [0.1, 0.15) is 12.4 Å². The highest BCUT2D eigenvalue weighted by Gasteiger charge is 2.41. The summed E-state index contributed by atoms with van der Waals surface area (Å²) in [5, 5.41) is 20.5. The summed E-state index contributed by atoms with van der Waals surface area (Å²) in [7, 11) is 0. The Hall–Kier alpha value is -1.14. The first-order chi connectivity index (χ1) is 13.7. The van der Waals surface area contributed by atoms with Crippen LogP contribution in [0.15, 0.2) is 24.3 Å². The molecule has 0 radical (unpaired) electrons. The highest BCUT2D eigenvalue weighted by molar-refractivity contribution is 5.33. The second-order valence-corrected chi connectivity index (χ2v) is 8.64. The number of aliphatic hydroxyl groups is 2. The lowest BCUT2D eigenvalue weighted by atomic mass is 9.74. The van der Waals surface area contributed by atoms with Crippen LogP contribution < -0.4 is 4.74 Å². The van der Waals surface area contributed by atoms with Crippen molar-refractivity contribution >= 4 is 0 Å². The molecule has 5 heteroatoms. The minimum Gasteiger partial charge on any atom is -0.492 e. The van der Waals surface area contributed by atoms with Gasteiger partial charge in [0.05, 0.1) is 12.7 Å². The fourth-order valence-electron chi connectivity index (χ4n) is 4.84. The van der Waals surface area contributed by atoms with Crippen molar-refractivity contribution in [2.75, 3.05) is 45.9 Å². The van der Waals surface area contributed by atoms with Crippen LogP contribution in [0.1, 0.15) is 51.0 Å². The predicted molar refractivity (Wildman–Crippen MR) is 113 cm³/mol. The van der Waals surface area contributed by atoms with Gasteiger partial charge in [-0.2, -0.15) is 0 Å². The molecule has 3 rings (SSSR count). The van der Waals surface area contributed by atoms with Gasteiger partial charge in [-0.15, -0.1) is 0 Å². The Kier molecular flexibility index (Phi) is 8.15. The van der Waals surface area contributed by atoms with Crippen molar-refractivity contribution in [3.8, 4) is 5.75 Å². The van der Waals surface area contributed by atoms with Crippen LogP contribution in [0, 0.1) is 5.41 Å². The highest BCUT2D eigenvalue weighted by Crippen LogP contribution is 2.35. The maximum absolute atomic E-state index is 10.5. The van der Waals surface area contributed by atoms with E-state index in [1.54, 1.807) is 0 Å². The Balaban J connectivity index is 1.58. The number of piperidine rings is 2. The molecule has 0 aliphatic carbocycles. The SMILES string of the molecule is CCC[C@@]1(CO)CN(Cc2ccccc2OCCN2CCCCC2)CC[C@H]1O. The predicted octanol–water partition coefficient (Wildman–Crippen LogP) is 2.90. The van der Waals surface area contributed by atoms with Gasteiger partial charge >= 0.3 is 0 Å². The zero-order valence-electron chi connectivity index (χ0n) is 17.5. The number of para-hydroxylation sites is 1. The summed E-state index contributed by atoms with van der Waals surface area (Å²) in [5.74, 6) is 0.968. The summed E-state index contributed by atoms with van der Waals surface area (Å²) in [5.41, 5.74) is 0.803. The number of hydrogen-bond acceptors (Lipinski definition) is 5. The van der Waals surface area contributed by atoms with E-state index in [2.05, 4.69) is 34.9 Å². The van der Waals surface area contributed by atoms with Gasteiger partial charge in [0, 0.05) is 37.2 Å². The van der Waals surface area contributed by atoms with Gasteiger partial charge in [-0.3, -0.25) is 9.80 Å². The van der Waals surface area contributed by atoms with Gasteiger partial charge in [0.15, 0.2) is 0 Å². The van der Waals surface area contributed by atoms with Crippen molar-refractivity contribution < 1.29 is 14.9 Å². The lowest BCUT2D eigenvalue weighted by Gasteiger charge is -2.45. The first-order valence-corrected chi connectivity index (χ1v) is 11.1. The molecule has 0 saturated carbocycles. The lowest BCUT2D eigenvalue weighted by Crippen LogP contribution is -2.53. The molecule has 0 spiro atoms. The summed E-state index contributed by atoms with van der Waals surface area (Å²) in [4.78, 5) is 4.86. The van der Waals surface area contributed by atoms with E-state index < -0.39 is 11.5 Å². The third kappa shape index (κ3) is 5.47. The normalized spacial score (nSPS) is 27.0. The fraction of sp³-hybridized carbons (Fsp3) is 0.739. The molecule has 5 nitrogen and oxygen atoms in total. The molecule has 2 fully saturated rings. The van der Waals surface area contributed by atoms with Gasteiger partial charge < -0.3 is 14.9 Å². The Morgan fingerprint density at radius 3 is 2.64 bits per heavy atom. The third-order valence-electron chi connectivity index (χ3n) is 6.51. The maximum atomic E-state index is 10.5. The molecule has 2 aliphatic heterocycles. The van der Waals surface area contributed by atoms with Gasteiger partial charge in [-0.05, 0) is 44.8 Å². The van der Waals surface area contributed by atoms with E-state index in [0.29, 0.717) is 0 Å². The molecule has 0 unspecified atom stereocenters. The van der Waals surface area contributed by atoms with Crippen molar-refractivity contribution in [3.63, 3.8) is 0 Å². The second kappa shape index (κ2) is 10.6. The van der Waals surface area contributed by atoms with E-state index in [1.807, 2.05) is 6.07 Å². The van der Waals surface area contributed by atoms with Gasteiger partial charge in [0.25, 0.3) is 0 Å². The minimum atomic E-state index is -0.412. The molecule has 2 atom stereocenters. The van der Waals surface area contributed by atoms with Crippen molar-refractivity contribution in [2.24, 2.45) is 5.41 Å². The molecule has 2 aliphatic rings. The number of rotatable bonds is 9. The molecule has 2 saturated heterocycles. The number of aliphatic hydroxyl groups excluding tert-OH is 2. The van der Waals surface area contributed by atoms with E-state index in [1.165, 1.54) is 37.9 Å². The largest absolute Gasteiger partial charge is 0.492 e. The van der Waals surface area contributed by atoms with Crippen LogP contribution >= 0.6 is 0 Å². The van der Waals surface area contributed by atoms with Crippen LogP contribution in [0.2, 0.25) is 0 Å². The molecule has 158 valence electrons. The second-order valence-electron chi connectivity index (χ2n) is 8.64. The lowest BCUT2D eigenvalue weighted by molar-refractivity contribution is -0.0820. The summed E-state index contributed by atoms with van der Waals surface area (Å²) in [6, 6.07) is 8.31. The van der Waals surface area contributed by atoms with Crippen LogP contribution in [0.3, 0.4) is 0 Å². The molecular weight excluding hydrogens is 352 g/mol. The highest BCUT2D eigenvalue weighted by atomic mass is 16.5. The smallest absolute Gasteiger partial charge is 0.123 e. The molecule has 0 amide bonds. The Bertz CT molecular complexity index is 591. The minimum absolute atomic E-state index is 0.0481. The van der Waals surface area contributed by atoms with E-state index in [-0.39, 0.29) is 6.61 Å². The maximum Gasteiger partial charge on any atom is 0.123 e. The van der Waals surface area contributed by atoms with Crippen molar-refractivity contribution in [1.29, 1.82) is 0 Å². The van der Waals surface area contributed by atoms with Crippen LogP contribution in [-0.4, -0.2) is 72.1 Å². The summed E-state index contributed by atoms with van der Waals surface area (Å²) in [6.45, 7) is 8.68. The quantitative estimate of drug-likeness (QED) is 0.679. The average molecular weight is 391 g/mol. The Morgan fingerprint density at radius 1 is 1.11 bits per heavy atom. The number of ether oxygens (including phenoxy) is 1. The van der Waals surface area contributed by atoms with E-state index in [4.69, 9.17) is 4.74 Å². The molecule has 0 aromatic heterocycles. The van der Waals surface area contributed by atoms with Crippen molar-refractivity contribution in [3.05, 3.63) is 29.8 Å². The van der Waals surface area contributed by atoms with E-state index in [9.17, 15) is 10.2 Å². The van der Waals surface area contributed by atoms with Crippen LogP contribution in [-0.2, 0) is 6.54 Å². The van der Waals surface area contributed by atoms with Crippen molar-refractivity contribution in [1.82, 2.24) is 9.80 Å². The molecular formula is C23H38N2O3. The number of nitrogens with zero attached hydrogens (tertiary/aromatic N) is 2. The third-order valence-corrected chi connectivity index (χ3v) is 6.51. The topological polar surface area (TPSA) is 56.2 Å². The number of benzene rings is 1. The summed E-state index contributed by atoms with van der Waals surface area (Å²) < 4.78 is 6.16. The Labute approximate surface area is 170 Å². The number of hydrogen-bond donors (Lipinski definition) is 2. The van der Waals surface area contributed by atoms with Gasteiger partial charge in [0.2, 0.25) is 0 Å². The molecule has 1 aromatic carbocycles. The zero-order valence-corrected chi connectivity index (χ0v) is 17.5. The van der Waals surface area contributed by atoms with Crippen molar-refractivity contribution in [2.45, 2.75) is 58.1 Å². The fourth-order valence-corrected chi connectivity index (χ4v) is 4.84. The van der Waals surface area contributed by atoms with Crippen LogP contribution in [0.4, 0.5) is 0 Å². The molecule has 28 heavy (non-hydrogen) atoms. The molecule has 0 bridgehead atoms. The number of likely N-dealkylation sites (tertiary alicyclic amines) is 2. The first-order valence-electron chi connectivity index (χ1n) is 11.1. The molecule has 2 N–H and O–H groups in total. The van der Waals surface area contributed by atoms with Crippen LogP contribution in [0.5, 0.6) is 5.75 Å². The first kappa shape index (κ1) is 21.6. The average Bonchev–Trinajstić information content (AvgIpc) is 2.73. The van der Waals surface area contributed by atoms with Crippen LogP contribution in [0.25, 0.3) is 0 Å². The molecule has 1 aromatic rings. The zero-order chi connectivity index (χ0) is 19.8. The van der Waals surface area contributed by atoms with Gasteiger partial charge in [-0.1, -0.05) is 38.0 Å². The monoisotopic (exact) mass is 390 g/mol. The summed E-state index contributed by atoms with van der Waals surface area (Å²) >= 11 is 0. The Morgan fingerprint density at radius 2 is 1.89 bits per heavy atom. The molecule has 2 heterocycles. The van der Waals surface area contributed by atoms with Gasteiger partial charge in [-0.25, -0.2) is 0 Å². The van der Waals surface area contributed by atoms with E-state index >= 15 is 0 Å². The van der Waals surface area contributed by atoms with E-state index in [0.717, 1.165) is 57.8 Å². The summed E-state index contributed by atoms with van der Waals surface area (Å²) in [6.07, 6.45) is 6.11.